The largest absolute Gasteiger partial charge is 0.497 e. The van der Waals surface area contributed by atoms with Crippen LogP contribution in [0.25, 0.3) is 0 Å². The Labute approximate surface area is 226 Å². The summed E-state index contributed by atoms with van der Waals surface area (Å²) in [6, 6.07) is 4.46. The minimum absolute atomic E-state index is 0.195. The molecule has 0 bridgehead atoms. The zero-order chi connectivity index (χ0) is 30.2. The number of carbonyl (C=O) groups is 2. The number of rotatable bonds is 7. The Morgan fingerprint density at radius 2 is 1.63 bits per heavy atom. The number of alkyl halides is 5. The molecule has 218 valence electrons. The highest BCUT2D eigenvalue weighted by Crippen LogP contribution is 2.40. The molecule has 1 saturated heterocycles. The van der Waals surface area contributed by atoms with Crippen molar-refractivity contribution < 1.29 is 49.8 Å². The summed E-state index contributed by atoms with van der Waals surface area (Å²) in [5, 5.41) is 2.26. The van der Waals surface area contributed by atoms with E-state index in [1.807, 2.05) is 0 Å². The second-order valence-corrected chi connectivity index (χ2v) is 8.91. The molecule has 1 N–H and O–H groups in total. The highest BCUT2D eigenvalue weighted by atomic mass is 19.4. The van der Waals surface area contributed by atoms with Crippen LogP contribution >= 0.6 is 0 Å². The van der Waals surface area contributed by atoms with Crippen molar-refractivity contribution in [1.29, 1.82) is 0 Å². The minimum atomic E-state index is -5.08. The number of nitrogens with zero attached hydrogens (tertiary/aromatic N) is 2. The highest BCUT2D eigenvalue weighted by molar-refractivity contribution is 6.05. The zero-order valence-electron chi connectivity index (χ0n) is 21.1. The van der Waals surface area contributed by atoms with Crippen LogP contribution in [0.2, 0.25) is 0 Å². The van der Waals surface area contributed by atoms with E-state index in [-0.39, 0.29) is 17.1 Å². The predicted molar refractivity (Wildman–Crippen MR) is 129 cm³/mol. The van der Waals surface area contributed by atoms with Crippen LogP contribution in [0.3, 0.4) is 0 Å². The van der Waals surface area contributed by atoms with E-state index in [9.17, 15) is 36.3 Å². The van der Waals surface area contributed by atoms with Crippen molar-refractivity contribution in [2.24, 2.45) is 7.05 Å². The number of hydrogen-bond donors (Lipinski definition) is 1. The fourth-order valence-electron chi connectivity index (χ4n) is 4.50. The van der Waals surface area contributed by atoms with Gasteiger partial charge in [0.2, 0.25) is 5.91 Å². The Kier molecular flexibility index (Phi) is 7.99. The molecule has 2 heterocycles. The molecule has 1 aromatic heterocycles. The fourth-order valence-corrected chi connectivity index (χ4v) is 4.50. The number of nitrogens with one attached hydrogen (secondary N) is 1. The Morgan fingerprint density at radius 3 is 2.17 bits per heavy atom. The lowest BCUT2D eigenvalue weighted by atomic mass is 9.92. The molecule has 2 atom stereocenters. The van der Waals surface area contributed by atoms with Crippen LogP contribution in [-0.4, -0.2) is 42.7 Å². The van der Waals surface area contributed by atoms with Crippen molar-refractivity contribution in [1.82, 2.24) is 9.88 Å². The molecule has 1 aliphatic rings. The molecule has 1 fully saturated rings. The first kappa shape index (κ1) is 29.4. The number of ether oxygens (including phenoxy) is 2. The lowest BCUT2D eigenvalue weighted by Gasteiger charge is -2.21. The van der Waals surface area contributed by atoms with Gasteiger partial charge in [-0.15, -0.1) is 0 Å². The maximum absolute atomic E-state index is 15.1. The van der Waals surface area contributed by atoms with Gasteiger partial charge in [0, 0.05) is 49.0 Å². The van der Waals surface area contributed by atoms with E-state index >= 15 is 8.78 Å². The molecule has 2 aromatic carbocycles. The van der Waals surface area contributed by atoms with Crippen molar-refractivity contribution >= 4 is 17.5 Å². The molecule has 0 aliphatic carbocycles. The Hall–Kier alpha value is -4.56. The smallest absolute Gasteiger partial charge is 0.418 e. The molecular weight excluding hydrogens is 567 g/mol. The molecule has 0 saturated carbocycles. The monoisotopic (exact) mass is 587 g/mol. The molecule has 0 radical (unpaired) electrons. The van der Waals surface area contributed by atoms with Crippen LogP contribution in [0, 0.1) is 11.6 Å². The van der Waals surface area contributed by atoms with Gasteiger partial charge in [0.25, 0.3) is 11.5 Å². The van der Waals surface area contributed by atoms with Gasteiger partial charge in [-0.05, 0) is 30.3 Å². The van der Waals surface area contributed by atoms with E-state index in [1.54, 1.807) is 0 Å². The summed E-state index contributed by atoms with van der Waals surface area (Å²) in [7, 11) is 2.28. The summed E-state index contributed by atoms with van der Waals surface area (Å²) < 4.78 is 107. The standard InChI is InChI=1S/C26H20F7N3O5/c1-35-8-7-16(26(31,32)33)21(24(35)39)36-11-15(19-17(27)9-14(40-2)10-18(19)28)20(23(36)38)34-22(37)12-3-5-13(6-4-12)41-25(29)30/h3-10,15,20,25H,11H2,1-2H3,(H,34,37)/t15-,20-/m0/s1. The quantitative estimate of drug-likeness (QED) is 0.419. The SMILES string of the molecule is COc1cc(F)c([C@@H]2CN(c3c(C(F)(F)F)ccn(C)c3=O)C(=O)[C@H]2NC(=O)c2ccc(OC(F)F)cc2)c(F)c1. The van der Waals surface area contributed by atoms with E-state index in [4.69, 9.17) is 4.74 Å². The Morgan fingerprint density at radius 1 is 1.02 bits per heavy atom. The van der Waals surface area contributed by atoms with Crippen molar-refractivity contribution in [2.45, 2.75) is 24.7 Å². The summed E-state index contributed by atoms with van der Waals surface area (Å²) >= 11 is 0. The van der Waals surface area contributed by atoms with Gasteiger partial charge in [0.15, 0.2) is 0 Å². The number of amides is 2. The summed E-state index contributed by atoms with van der Waals surface area (Å²) in [5.41, 5.74) is -4.71. The van der Waals surface area contributed by atoms with Crippen molar-refractivity contribution in [3.05, 3.63) is 87.3 Å². The van der Waals surface area contributed by atoms with Crippen LogP contribution in [0.4, 0.5) is 36.4 Å². The number of carbonyl (C=O) groups excluding carboxylic acids is 2. The van der Waals surface area contributed by atoms with Crippen LogP contribution in [-0.2, 0) is 18.0 Å². The lowest BCUT2D eigenvalue weighted by molar-refractivity contribution is -0.137. The summed E-state index contributed by atoms with van der Waals surface area (Å²) in [6.45, 7) is -3.95. The number of halogens is 7. The van der Waals surface area contributed by atoms with Crippen molar-refractivity contribution in [3.8, 4) is 11.5 Å². The summed E-state index contributed by atoms with van der Waals surface area (Å²) in [6.07, 6.45) is -4.24. The first-order chi connectivity index (χ1) is 19.2. The van der Waals surface area contributed by atoms with Crippen molar-refractivity contribution in [3.63, 3.8) is 0 Å². The van der Waals surface area contributed by atoms with E-state index in [2.05, 4.69) is 10.1 Å². The maximum atomic E-state index is 15.1. The molecule has 0 spiro atoms. The van der Waals surface area contributed by atoms with Gasteiger partial charge in [-0.3, -0.25) is 14.4 Å². The highest BCUT2D eigenvalue weighted by Gasteiger charge is 2.48. The predicted octanol–water partition coefficient (Wildman–Crippen LogP) is 4.22. The molecule has 2 amide bonds. The third-order valence-electron chi connectivity index (χ3n) is 6.42. The third-order valence-corrected chi connectivity index (χ3v) is 6.42. The zero-order valence-corrected chi connectivity index (χ0v) is 21.1. The number of anilines is 1. The van der Waals surface area contributed by atoms with Gasteiger partial charge in [0.1, 0.15) is 34.9 Å². The summed E-state index contributed by atoms with van der Waals surface area (Å²) in [5.74, 6) is -6.83. The van der Waals surface area contributed by atoms with Gasteiger partial charge in [-0.25, -0.2) is 8.78 Å². The number of benzene rings is 2. The lowest BCUT2D eigenvalue weighted by Crippen LogP contribution is -2.45. The molecule has 0 unspecified atom stereocenters. The van der Waals surface area contributed by atoms with E-state index in [1.165, 1.54) is 0 Å². The van der Waals surface area contributed by atoms with Crippen LogP contribution < -0.4 is 25.2 Å². The fraction of sp³-hybridized carbons (Fsp3) is 0.269. The number of methoxy groups -OCH3 is 1. The second kappa shape index (κ2) is 11.1. The Bertz CT molecular complexity index is 1520. The van der Waals surface area contributed by atoms with Crippen molar-refractivity contribution in [2.75, 3.05) is 18.6 Å². The normalized spacial score (nSPS) is 17.2. The van der Waals surface area contributed by atoms with Gasteiger partial charge >= 0.3 is 12.8 Å². The first-order valence-corrected chi connectivity index (χ1v) is 11.7. The van der Waals surface area contributed by atoms with Gasteiger partial charge < -0.3 is 24.3 Å². The topological polar surface area (TPSA) is 89.9 Å². The molecular formula is C26H20F7N3O5. The molecule has 4 rings (SSSR count). The van der Waals surface area contributed by atoms with Crippen LogP contribution in [0.5, 0.6) is 11.5 Å². The first-order valence-electron chi connectivity index (χ1n) is 11.7. The number of aromatic nitrogens is 1. The molecule has 8 nitrogen and oxygen atoms in total. The third kappa shape index (κ3) is 5.83. The average molecular weight is 587 g/mol. The van der Waals surface area contributed by atoms with E-state index in [0.29, 0.717) is 11.0 Å². The average Bonchev–Trinajstić information content (AvgIpc) is 3.19. The number of pyridine rings is 1. The van der Waals surface area contributed by atoms with Gasteiger partial charge in [-0.1, -0.05) is 0 Å². The minimum Gasteiger partial charge on any atom is -0.497 e. The van der Waals surface area contributed by atoms with Gasteiger partial charge in [0.05, 0.1) is 12.7 Å². The van der Waals surface area contributed by atoms with Crippen LogP contribution in [0.15, 0.2) is 53.5 Å². The van der Waals surface area contributed by atoms with E-state index in [0.717, 1.165) is 61.3 Å². The Balaban J connectivity index is 1.80. The van der Waals surface area contributed by atoms with Crippen LogP contribution in [0.1, 0.15) is 27.4 Å². The summed E-state index contributed by atoms with van der Waals surface area (Å²) in [4.78, 5) is 39.8. The van der Waals surface area contributed by atoms with Gasteiger partial charge in [-0.2, -0.15) is 22.0 Å². The second-order valence-electron chi connectivity index (χ2n) is 8.91. The molecule has 3 aromatic rings. The van der Waals surface area contributed by atoms with E-state index < -0.39 is 77.1 Å². The maximum Gasteiger partial charge on any atom is 0.418 e. The molecule has 15 heteroatoms. The number of hydrogen-bond acceptors (Lipinski definition) is 5. The molecule has 41 heavy (non-hydrogen) atoms. The number of aryl methyl sites for hydroxylation is 1. The molecule has 1 aliphatic heterocycles.